The molecule has 0 aromatic heterocycles. The Labute approximate surface area is 69.6 Å². The number of carbonyl (C=O) groups is 2. The van der Waals surface area contributed by atoms with Crippen LogP contribution in [0.2, 0.25) is 0 Å². The Morgan fingerprint density at radius 3 is 2.00 bits per heavy atom. The fourth-order valence-corrected chi connectivity index (χ4v) is 0.900. The van der Waals surface area contributed by atoms with Crippen molar-refractivity contribution in [2.24, 2.45) is 5.92 Å². The quantitative estimate of drug-likeness (QED) is 0.545. The molecule has 0 amide bonds. The third-order valence-corrected chi connectivity index (χ3v) is 1.55. The highest BCUT2D eigenvalue weighted by Gasteiger charge is 2.30. The van der Waals surface area contributed by atoms with Gasteiger partial charge in [-0.25, -0.2) is 4.79 Å². The van der Waals surface area contributed by atoms with Gasteiger partial charge >= 0.3 is 11.9 Å². The number of hydrogen-bond acceptors (Lipinski definition) is 3. The Balaban J connectivity index is 4.28. The van der Waals surface area contributed by atoms with E-state index in [-0.39, 0.29) is 6.42 Å². The molecule has 0 radical (unpaired) electrons. The molecule has 0 saturated heterocycles. The molecule has 0 saturated carbocycles. The number of hydrogen-bond donors (Lipinski definition) is 3. The minimum absolute atomic E-state index is 0.169. The largest absolute Gasteiger partial charge is 0.481 e. The minimum atomic E-state index is -1.80. The SMILES string of the molecule is CCCC(C(=O)O)[C@H](O)C(=O)O. The Kier molecular flexibility index (Phi) is 4.28. The van der Waals surface area contributed by atoms with E-state index in [9.17, 15) is 9.59 Å². The second-order valence-corrected chi connectivity index (χ2v) is 2.52. The monoisotopic (exact) mass is 176 g/mol. The lowest BCUT2D eigenvalue weighted by atomic mass is 9.97. The molecule has 0 aliphatic carbocycles. The van der Waals surface area contributed by atoms with E-state index in [4.69, 9.17) is 15.3 Å². The van der Waals surface area contributed by atoms with Crippen molar-refractivity contribution < 1.29 is 24.9 Å². The predicted molar refractivity (Wildman–Crippen MR) is 39.7 cm³/mol. The maximum atomic E-state index is 10.4. The number of carboxylic acids is 2. The normalized spacial score (nSPS) is 15.2. The molecule has 0 aliphatic heterocycles. The van der Waals surface area contributed by atoms with Crippen LogP contribution < -0.4 is 0 Å². The number of aliphatic hydroxyl groups excluding tert-OH is 1. The predicted octanol–water partition coefficient (Wildman–Crippen LogP) is -0.0672. The van der Waals surface area contributed by atoms with Gasteiger partial charge in [0.15, 0.2) is 6.10 Å². The first-order chi connectivity index (χ1) is 5.50. The van der Waals surface area contributed by atoms with Gasteiger partial charge in [-0.2, -0.15) is 0 Å². The molecule has 0 fully saturated rings. The van der Waals surface area contributed by atoms with Gasteiger partial charge in [0.2, 0.25) is 0 Å². The standard InChI is InChI=1S/C7H12O5/c1-2-3-4(6(9)10)5(8)7(11)12/h4-5,8H,2-3H2,1H3,(H,9,10)(H,11,12)/t4?,5-/m0/s1. The second kappa shape index (κ2) is 4.71. The van der Waals surface area contributed by atoms with Gasteiger partial charge in [-0.15, -0.1) is 0 Å². The average molecular weight is 176 g/mol. The third kappa shape index (κ3) is 2.87. The molecule has 12 heavy (non-hydrogen) atoms. The summed E-state index contributed by atoms with van der Waals surface area (Å²) < 4.78 is 0. The van der Waals surface area contributed by atoms with Crippen molar-refractivity contribution in [1.29, 1.82) is 0 Å². The van der Waals surface area contributed by atoms with Crippen LogP contribution >= 0.6 is 0 Å². The van der Waals surface area contributed by atoms with Crippen molar-refractivity contribution in [2.45, 2.75) is 25.9 Å². The van der Waals surface area contributed by atoms with Crippen molar-refractivity contribution in [3.63, 3.8) is 0 Å². The minimum Gasteiger partial charge on any atom is -0.481 e. The molecule has 0 aromatic carbocycles. The Hall–Kier alpha value is -1.10. The average Bonchev–Trinajstić information content (AvgIpc) is 1.98. The van der Waals surface area contributed by atoms with Gasteiger partial charge in [0, 0.05) is 0 Å². The summed E-state index contributed by atoms with van der Waals surface area (Å²) in [5, 5.41) is 25.7. The van der Waals surface area contributed by atoms with E-state index in [1.807, 2.05) is 0 Å². The highest BCUT2D eigenvalue weighted by atomic mass is 16.4. The number of aliphatic hydroxyl groups is 1. The van der Waals surface area contributed by atoms with E-state index in [1.165, 1.54) is 0 Å². The number of aliphatic carboxylic acids is 2. The summed E-state index contributed by atoms with van der Waals surface area (Å²) in [6.07, 6.45) is -1.10. The second-order valence-electron chi connectivity index (χ2n) is 2.52. The van der Waals surface area contributed by atoms with Crippen molar-refractivity contribution in [2.75, 3.05) is 0 Å². The molecule has 0 spiro atoms. The molecule has 1 unspecified atom stereocenters. The molecule has 5 heteroatoms. The topological polar surface area (TPSA) is 94.8 Å². The van der Waals surface area contributed by atoms with Crippen LogP contribution in [0.1, 0.15) is 19.8 Å². The molecule has 0 heterocycles. The fraction of sp³-hybridized carbons (Fsp3) is 0.714. The van der Waals surface area contributed by atoms with Crippen LogP contribution in [0.15, 0.2) is 0 Å². The summed E-state index contributed by atoms with van der Waals surface area (Å²) in [7, 11) is 0. The molecule has 3 N–H and O–H groups in total. The van der Waals surface area contributed by atoms with Gasteiger partial charge in [0.25, 0.3) is 0 Å². The lowest BCUT2D eigenvalue weighted by Crippen LogP contribution is -2.34. The van der Waals surface area contributed by atoms with Crippen LogP contribution in [0.25, 0.3) is 0 Å². The van der Waals surface area contributed by atoms with Crippen LogP contribution in [0.3, 0.4) is 0 Å². The molecular weight excluding hydrogens is 164 g/mol. The van der Waals surface area contributed by atoms with Gasteiger partial charge in [0.1, 0.15) is 0 Å². The first-order valence-corrected chi connectivity index (χ1v) is 3.64. The molecule has 0 aliphatic rings. The molecule has 5 nitrogen and oxygen atoms in total. The molecule has 0 aromatic rings. The van der Waals surface area contributed by atoms with E-state index < -0.39 is 24.0 Å². The maximum absolute atomic E-state index is 10.4. The molecule has 0 rings (SSSR count). The smallest absolute Gasteiger partial charge is 0.333 e. The van der Waals surface area contributed by atoms with Crippen LogP contribution in [-0.2, 0) is 9.59 Å². The lowest BCUT2D eigenvalue weighted by molar-refractivity contribution is -0.159. The summed E-state index contributed by atoms with van der Waals surface area (Å²) in [5.41, 5.74) is 0. The molecular formula is C7H12O5. The van der Waals surface area contributed by atoms with Crippen LogP contribution in [0.4, 0.5) is 0 Å². The number of rotatable bonds is 5. The van der Waals surface area contributed by atoms with Gasteiger partial charge < -0.3 is 15.3 Å². The van der Waals surface area contributed by atoms with Crippen molar-refractivity contribution in [3.05, 3.63) is 0 Å². The third-order valence-electron chi connectivity index (χ3n) is 1.55. The van der Waals surface area contributed by atoms with Crippen molar-refractivity contribution in [1.82, 2.24) is 0 Å². The summed E-state index contributed by atoms with van der Waals surface area (Å²) in [4.78, 5) is 20.6. The van der Waals surface area contributed by atoms with Crippen LogP contribution in [0.5, 0.6) is 0 Å². The Morgan fingerprint density at radius 2 is 1.75 bits per heavy atom. The van der Waals surface area contributed by atoms with Crippen molar-refractivity contribution >= 4 is 11.9 Å². The summed E-state index contributed by atoms with van der Waals surface area (Å²) in [6, 6.07) is 0. The van der Waals surface area contributed by atoms with E-state index in [0.29, 0.717) is 6.42 Å². The highest BCUT2D eigenvalue weighted by molar-refractivity contribution is 5.81. The zero-order chi connectivity index (χ0) is 9.72. The van der Waals surface area contributed by atoms with Gasteiger partial charge in [-0.3, -0.25) is 4.79 Å². The Morgan fingerprint density at radius 1 is 1.25 bits per heavy atom. The first kappa shape index (κ1) is 10.9. The van der Waals surface area contributed by atoms with E-state index in [2.05, 4.69) is 0 Å². The van der Waals surface area contributed by atoms with E-state index in [1.54, 1.807) is 6.92 Å². The van der Waals surface area contributed by atoms with Crippen LogP contribution in [0, 0.1) is 5.92 Å². The number of carboxylic acid groups (broad SMARTS) is 2. The summed E-state index contributed by atoms with van der Waals surface area (Å²) in [6.45, 7) is 1.73. The highest BCUT2D eigenvalue weighted by Crippen LogP contribution is 2.11. The first-order valence-electron chi connectivity index (χ1n) is 3.64. The molecule has 70 valence electrons. The van der Waals surface area contributed by atoms with Crippen LogP contribution in [-0.4, -0.2) is 33.4 Å². The van der Waals surface area contributed by atoms with Gasteiger partial charge in [-0.05, 0) is 6.42 Å². The molecule has 0 bridgehead atoms. The maximum Gasteiger partial charge on any atom is 0.333 e. The van der Waals surface area contributed by atoms with Gasteiger partial charge in [-0.1, -0.05) is 13.3 Å². The Bertz CT molecular complexity index is 177. The van der Waals surface area contributed by atoms with E-state index in [0.717, 1.165) is 0 Å². The fourth-order valence-electron chi connectivity index (χ4n) is 0.900. The zero-order valence-corrected chi connectivity index (χ0v) is 6.73. The lowest BCUT2D eigenvalue weighted by Gasteiger charge is -2.13. The van der Waals surface area contributed by atoms with E-state index >= 15 is 0 Å². The summed E-state index contributed by atoms with van der Waals surface area (Å²) >= 11 is 0. The van der Waals surface area contributed by atoms with Crippen molar-refractivity contribution in [3.8, 4) is 0 Å². The zero-order valence-electron chi connectivity index (χ0n) is 6.73. The molecule has 2 atom stereocenters. The summed E-state index contributed by atoms with van der Waals surface area (Å²) in [5.74, 6) is -3.96. The van der Waals surface area contributed by atoms with Gasteiger partial charge in [0.05, 0.1) is 5.92 Å².